The van der Waals surface area contributed by atoms with E-state index < -0.39 is 0 Å². The third kappa shape index (κ3) is 3.56. The van der Waals surface area contributed by atoms with Gasteiger partial charge in [0, 0.05) is 0 Å². The van der Waals surface area contributed by atoms with E-state index in [2.05, 4.69) is 29.6 Å². The quantitative estimate of drug-likeness (QED) is 0.836. The molecule has 0 saturated heterocycles. The molecule has 1 unspecified atom stereocenters. The molecule has 1 aromatic rings. The normalized spacial score (nSPS) is 18.8. The Kier molecular flexibility index (Phi) is 5.21. The van der Waals surface area contributed by atoms with Crippen LogP contribution >= 0.6 is 0 Å². The van der Waals surface area contributed by atoms with Crippen LogP contribution in [0.3, 0.4) is 0 Å². The van der Waals surface area contributed by atoms with Gasteiger partial charge < -0.3 is 10.4 Å². The highest BCUT2D eigenvalue weighted by Gasteiger charge is 2.15. The summed E-state index contributed by atoms with van der Waals surface area (Å²) in [6, 6.07) is 8.64. The van der Waals surface area contributed by atoms with Crippen LogP contribution in [0.4, 0.5) is 0 Å². The summed E-state index contributed by atoms with van der Waals surface area (Å²) in [5.41, 5.74) is 2.50. The Morgan fingerprint density at radius 2 is 1.83 bits per heavy atom. The van der Waals surface area contributed by atoms with E-state index >= 15 is 0 Å². The molecule has 0 bridgehead atoms. The van der Waals surface area contributed by atoms with Crippen LogP contribution in [0, 0.1) is 0 Å². The zero-order valence-corrected chi connectivity index (χ0v) is 11.4. The van der Waals surface area contributed by atoms with Crippen LogP contribution in [0.1, 0.15) is 61.7 Å². The van der Waals surface area contributed by atoms with Crippen molar-refractivity contribution in [1.82, 2.24) is 5.32 Å². The molecule has 1 aliphatic carbocycles. The van der Waals surface area contributed by atoms with Gasteiger partial charge >= 0.3 is 0 Å². The maximum Gasteiger partial charge on any atom is 0.0802 e. The first-order valence-electron chi connectivity index (χ1n) is 7.24. The van der Waals surface area contributed by atoms with Gasteiger partial charge in [-0.15, -0.1) is 0 Å². The van der Waals surface area contributed by atoms with Crippen molar-refractivity contribution < 1.29 is 5.11 Å². The second-order valence-electron chi connectivity index (χ2n) is 5.41. The van der Waals surface area contributed by atoms with Crippen molar-refractivity contribution in [3.8, 4) is 0 Å². The molecule has 100 valence electrons. The average Bonchev–Trinajstić information content (AvgIpc) is 2.46. The van der Waals surface area contributed by atoms with Gasteiger partial charge in [0.2, 0.25) is 0 Å². The highest BCUT2D eigenvalue weighted by Crippen LogP contribution is 2.33. The standard InChI is InChI=1S/C16H25NO/c1-17-12-11-16(18)15-9-7-14(8-10-15)13-5-3-2-4-6-13/h7-10,13,16-18H,2-6,11-12H2,1H3. The smallest absolute Gasteiger partial charge is 0.0802 e. The summed E-state index contributed by atoms with van der Waals surface area (Å²) < 4.78 is 0. The number of aliphatic hydroxyl groups excluding tert-OH is 1. The second kappa shape index (κ2) is 6.91. The van der Waals surface area contributed by atoms with Crippen molar-refractivity contribution in [2.24, 2.45) is 0 Å². The van der Waals surface area contributed by atoms with Gasteiger partial charge in [0.15, 0.2) is 0 Å². The molecule has 1 fully saturated rings. The first kappa shape index (κ1) is 13.6. The molecule has 0 heterocycles. The number of hydrogen-bond donors (Lipinski definition) is 2. The fourth-order valence-corrected chi connectivity index (χ4v) is 2.87. The molecular weight excluding hydrogens is 222 g/mol. The monoisotopic (exact) mass is 247 g/mol. The fraction of sp³-hybridized carbons (Fsp3) is 0.625. The SMILES string of the molecule is CNCCC(O)c1ccc(C2CCCCC2)cc1. The summed E-state index contributed by atoms with van der Waals surface area (Å²) in [6.45, 7) is 0.853. The molecule has 2 rings (SSSR count). The molecule has 1 aliphatic rings. The molecule has 1 atom stereocenters. The van der Waals surface area contributed by atoms with Crippen LogP contribution in [0.2, 0.25) is 0 Å². The van der Waals surface area contributed by atoms with Gasteiger partial charge in [-0.2, -0.15) is 0 Å². The predicted molar refractivity (Wildman–Crippen MR) is 75.8 cm³/mol. The van der Waals surface area contributed by atoms with Crippen LogP contribution in [0.25, 0.3) is 0 Å². The van der Waals surface area contributed by atoms with E-state index in [1.807, 2.05) is 7.05 Å². The van der Waals surface area contributed by atoms with E-state index in [0.717, 1.165) is 24.4 Å². The third-order valence-corrected chi connectivity index (χ3v) is 4.07. The third-order valence-electron chi connectivity index (χ3n) is 4.07. The van der Waals surface area contributed by atoms with Crippen molar-refractivity contribution in [2.75, 3.05) is 13.6 Å². The van der Waals surface area contributed by atoms with Gasteiger partial charge in [-0.05, 0) is 49.9 Å². The molecule has 2 N–H and O–H groups in total. The molecule has 0 aliphatic heterocycles. The van der Waals surface area contributed by atoms with Crippen molar-refractivity contribution in [1.29, 1.82) is 0 Å². The molecule has 2 nitrogen and oxygen atoms in total. The van der Waals surface area contributed by atoms with Crippen molar-refractivity contribution in [2.45, 2.75) is 50.5 Å². The lowest BCUT2D eigenvalue weighted by Crippen LogP contribution is -2.12. The Morgan fingerprint density at radius 3 is 2.44 bits per heavy atom. The van der Waals surface area contributed by atoms with E-state index in [4.69, 9.17) is 0 Å². The van der Waals surface area contributed by atoms with Crippen molar-refractivity contribution in [3.05, 3.63) is 35.4 Å². The number of nitrogens with one attached hydrogen (secondary N) is 1. The topological polar surface area (TPSA) is 32.3 Å². The van der Waals surface area contributed by atoms with Gasteiger partial charge in [-0.3, -0.25) is 0 Å². The van der Waals surface area contributed by atoms with E-state index in [1.165, 1.54) is 37.7 Å². The lowest BCUT2D eigenvalue weighted by Gasteiger charge is -2.22. The van der Waals surface area contributed by atoms with Crippen LogP contribution in [-0.4, -0.2) is 18.7 Å². The lowest BCUT2D eigenvalue weighted by molar-refractivity contribution is 0.167. The van der Waals surface area contributed by atoms with E-state index in [1.54, 1.807) is 0 Å². The van der Waals surface area contributed by atoms with Crippen molar-refractivity contribution in [3.63, 3.8) is 0 Å². The molecule has 0 amide bonds. The Balaban J connectivity index is 1.95. The van der Waals surface area contributed by atoms with Crippen LogP contribution in [-0.2, 0) is 0 Å². The summed E-state index contributed by atoms with van der Waals surface area (Å²) in [5, 5.41) is 13.1. The average molecular weight is 247 g/mol. The van der Waals surface area contributed by atoms with E-state index in [9.17, 15) is 5.11 Å². The summed E-state index contributed by atoms with van der Waals surface area (Å²) in [6.07, 6.45) is 7.26. The number of hydrogen-bond acceptors (Lipinski definition) is 2. The van der Waals surface area contributed by atoms with Gasteiger partial charge in [-0.1, -0.05) is 43.5 Å². The van der Waals surface area contributed by atoms with E-state index in [-0.39, 0.29) is 6.10 Å². The number of rotatable bonds is 5. The summed E-state index contributed by atoms with van der Waals surface area (Å²) in [5.74, 6) is 0.752. The maximum absolute atomic E-state index is 10.0. The Morgan fingerprint density at radius 1 is 1.17 bits per heavy atom. The molecule has 0 radical (unpaired) electrons. The Hall–Kier alpha value is -0.860. The second-order valence-corrected chi connectivity index (χ2v) is 5.41. The molecular formula is C16H25NO. The highest BCUT2D eigenvalue weighted by atomic mass is 16.3. The summed E-state index contributed by atoms with van der Waals surface area (Å²) >= 11 is 0. The Bertz CT molecular complexity index is 341. The zero-order chi connectivity index (χ0) is 12.8. The minimum Gasteiger partial charge on any atom is -0.388 e. The highest BCUT2D eigenvalue weighted by molar-refractivity contribution is 5.27. The maximum atomic E-state index is 10.0. The first-order valence-corrected chi connectivity index (χ1v) is 7.24. The first-order chi connectivity index (χ1) is 8.81. The summed E-state index contributed by atoms with van der Waals surface area (Å²) in [4.78, 5) is 0. The minimum absolute atomic E-state index is 0.335. The number of benzene rings is 1. The lowest BCUT2D eigenvalue weighted by atomic mass is 9.84. The van der Waals surface area contributed by atoms with Gasteiger partial charge in [0.05, 0.1) is 6.10 Å². The Labute approximate surface area is 110 Å². The zero-order valence-electron chi connectivity index (χ0n) is 11.4. The van der Waals surface area contributed by atoms with Gasteiger partial charge in [0.1, 0.15) is 0 Å². The molecule has 18 heavy (non-hydrogen) atoms. The van der Waals surface area contributed by atoms with Crippen molar-refractivity contribution >= 4 is 0 Å². The molecule has 0 aromatic heterocycles. The summed E-state index contributed by atoms with van der Waals surface area (Å²) in [7, 11) is 1.92. The van der Waals surface area contributed by atoms with Crippen LogP contribution in [0.5, 0.6) is 0 Å². The number of aliphatic hydroxyl groups is 1. The van der Waals surface area contributed by atoms with Gasteiger partial charge in [0.25, 0.3) is 0 Å². The van der Waals surface area contributed by atoms with Crippen LogP contribution in [0.15, 0.2) is 24.3 Å². The van der Waals surface area contributed by atoms with Crippen LogP contribution < -0.4 is 5.32 Å². The van der Waals surface area contributed by atoms with E-state index in [0.29, 0.717) is 0 Å². The molecule has 2 heteroatoms. The predicted octanol–water partition coefficient (Wildman–Crippen LogP) is 3.38. The fourth-order valence-electron chi connectivity index (χ4n) is 2.87. The molecule has 1 saturated carbocycles. The minimum atomic E-state index is -0.335. The van der Waals surface area contributed by atoms with Gasteiger partial charge in [-0.25, -0.2) is 0 Å². The largest absolute Gasteiger partial charge is 0.388 e. The molecule has 0 spiro atoms. The molecule has 1 aromatic carbocycles.